The first kappa shape index (κ1) is 15.7. The predicted molar refractivity (Wildman–Crippen MR) is 81.6 cm³/mol. The number of amides is 1. The number of rotatable bonds is 5. The van der Waals surface area contributed by atoms with Gasteiger partial charge in [0.05, 0.1) is 6.61 Å². The Morgan fingerprint density at radius 2 is 1.77 bits per heavy atom. The molecular formula is C17H15F2NO2. The van der Waals surface area contributed by atoms with Crippen molar-refractivity contribution in [3.63, 3.8) is 0 Å². The molecule has 0 atom stereocenters. The largest absolute Gasteiger partial charge is 0.494 e. The standard InChI is InChI=1S/C17H15F2NO2/c1-2-22-13-9-6-12(7-10-13)8-11-16(21)20-17-14(18)4-3-5-15(17)19/h3-11H,2H2,1H3,(H,20,21)/b11-8+. The van der Waals surface area contributed by atoms with E-state index in [4.69, 9.17) is 4.74 Å². The highest BCUT2D eigenvalue weighted by molar-refractivity contribution is 6.02. The van der Waals surface area contributed by atoms with Crippen LogP contribution in [-0.4, -0.2) is 12.5 Å². The van der Waals surface area contributed by atoms with Crippen LogP contribution in [0.15, 0.2) is 48.5 Å². The maximum Gasteiger partial charge on any atom is 0.248 e. The lowest BCUT2D eigenvalue weighted by Crippen LogP contribution is -2.10. The predicted octanol–water partition coefficient (Wildman–Crippen LogP) is 4.02. The third-order valence-electron chi connectivity index (χ3n) is 2.83. The van der Waals surface area contributed by atoms with E-state index in [0.717, 1.165) is 23.4 Å². The average molecular weight is 303 g/mol. The number of hydrogen-bond donors (Lipinski definition) is 1. The molecule has 0 aliphatic rings. The van der Waals surface area contributed by atoms with E-state index in [1.165, 1.54) is 12.1 Å². The lowest BCUT2D eigenvalue weighted by Gasteiger charge is -2.05. The Morgan fingerprint density at radius 3 is 2.36 bits per heavy atom. The van der Waals surface area contributed by atoms with Crippen LogP contribution in [0.5, 0.6) is 5.75 Å². The summed E-state index contributed by atoms with van der Waals surface area (Å²) in [5.74, 6) is -1.51. The van der Waals surface area contributed by atoms with Crippen LogP contribution in [0, 0.1) is 11.6 Å². The number of nitrogens with one attached hydrogen (secondary N) is 1. The molecule has 0 aliphatic heterocycles. The first-order valence-electron chi connectivity index (χ1n) is 6.76. The molecule has 0 fully saturated rings. The molecule has 3 nitrogen and oxygen atoms in total. The smallest absolute Gasteiger partial charge is 0.248 e. The third-order valence-corrected chi connectivity index (χ3v) is 2.83. The zero-order valence-electron chi connectivity index (χ0n) is 12.0. The molecule has 0 bridgehead atoms. The summed E-state index contributed by atoms with van der Waals surface area (Å²) in [7, 11) is 0. The maximum absolute atomic E-state index is 13.4. The summed E-state index contributed by atoms with van der Waals surface area (Å²) in [5.41, 5.74) is 0.316. The highest BCUT2D eigenvalue weighted by Crippen LogP contribution is 2.18. The van der Waals surface area contributed by atoms with Gasteiger partial charge in [-0.2, -0.15) is 0 Å². The Balaban J connectivity index is 2.02. The lowest BCUT2D eigenvalue weighted by molar-refractivity contribution is -0.111. The van der Waals surface area contributed by atoms with Crippen LogP contribution in [0.3, 0.4) is 0 Å². The Bertz CT molecular complexity index is 661. The molecule has 2 aromatic rings. The Kier molecular flexibility index (Phi) is 5.25. The van der Waals surface area contributed by atoms with Crippen molar-refractivity contribution in [1.29, 1.82) is 0 Å². The van der Waals surface area contributed by atoms with Crippen molar-refractivity contribution >= 4 is 17.7 Å². The van der Waals surface area contributed by atoms with Crippen molar-refractivity contribution in [2.45, 2.75) is 6.92 Å². The van der Waals surface area contributed by atoms with Crippen LogP contribution in [0.25, 0.3) is 6.08 Å². The molecule has 5 heteroatoms. The van der Waals surface area contributed by atoms with Gasteiger partial charge in [0.25, 0.3) is 0 Å². The van der Waals surface area contributed by atoms with Crippen molar-refractivity contribution in [2.24, 2.45) is 0 Å². The number of halogens is 2. The summed E-state index contributed by atoms with van der Waals surface area (Å²) in [6.07, 6.45) is 2.76. The van der Waals surface area contributed by atoms with E-state index in [0.29, 0.717) is 6.61 Å². The van der Waals surface area contributed by atoms with Crippen molar-refractivity contribution in [1.82, 2.24) is 0 Å². The van der Waals surface area contributed by atoms with Crippen molar-refractivity contribution < 1.29 is 18.3 Å². The maximum atomic E-state index is 13.4. The van der Waals surface area contributed by atoms with Crippen molar-refractivity contribution in [2.75, 3.05) is 11.9 Å². The van der Waals surface area contributed by atoms with Gasteiger partial charge in [-0.25, -0.2) is 8.78 Å². The molecule has 0 unspecified atom stereocenters. The zero-order valence-corrected chi connectivity index (χ0v) is 12.0. The number of para-hydroxylation sites is 1. The second-order valence-electron chi connectivity index (χ2n) is 4.42. The number of ether oxygens (including phenoxy) is 1. The first-order chi connectivity index (χ1) is 10.6. The van der Waals surface area contributed by atoms with Crippen LogP contribution in [0.1, 0.15) is 12.5 Å². The van der Waals surface area contributed by atoms with E-state index < -0.39 is 23.2 Å². The average Bonchev–Trinajstić information content (AvgIpc) is 2.51. The van der Waals surface area contributed by atoms with Gasteiger partial charge in [-0.1, -0.05) is 18.2 Å². The topological polar surface area (TPSA) is 38.3 Å². The molecule has 2 aromatic carbocycles. The summed E-state index contributed by atoms with van der Waals surface area (Å²) in [6.45, 7) is 2.46. The zero-order chi connectivity index (χ0) is 15.9. The molecule has 0 heterocycles. The summed E-state index contributed by atoms with van der Waals surface area (Å²) in [6, 6.07) is 10.5. The normalized spacial score (nSPS) is 10.7. The molecule has 0 aliphatic carbocycles. The van der Waals surface area contributed by atoms with E-state index in [1.807, 2.05) is 6.92 Å². The summed E-state index contributed by atoms with van der Waals surface area (Å²) >= 11 is 0. The first-order valence-corrected chi connectivity index (χ1v) is 6.76. The SMILES string of the molecule is CCOc1ccc(/C=C/C(=O)Nc2c(F)cccc2F)cc1. The second kappa shape index (κ2) is 7.36. The van der Waals surface area contributed by atoms with Crippen LogP contribution < -0.4 is 10.1 Å². The fourth-order valence-corrected chi connectivity index (χ4v) is 1.80. The van der Waals surface area contributed by atoms with Gasteiger partial charge in [-0.05, 0) is 42.8 Å². The molecule has 0 saturated carbocycles. The van der Waals surface area contributed by atoms with E-state index >= 15 is 0 Å². The minimum absolute atomic E-state index is 0.455. The molecule has 1 N–H and O–H groups in total. The third kappa shape index (κ3) is 4.15. The molecule has 0 radical (unpaired) electrons. The van der Waals surface area contributed by atoms with Crippen molar-refractivity contribution in [3.8, 4) is 5.75 Å². The molecule has 2 rings (SSSR count). The molecule has 0 saturated heterocycles. The van der Waals surface area contributed by atoms with Crippen LogP contribution >= 0.6 is 0 Å². The van der Waals surface area contributed by atoms with E-state index in [9.17, 15) is 13.6 Å². The minimum atomic E-state index is -0.817. The highest BCUT2D eigenvalue weighted by atomic mass is 19.1. The number of anilines is 1. The number of carbonyl (C=O) groups excluding carboxylic acids is 1. The molecule has 0 aromatic heterocycles. The van der Waals surface area contributed by atoms with Gasteiger partial charge >= 0.3 is 0 Å². The van der Waals surface area contributed by atoms with Gasteiger partial charge in [-0.3, -0.25) is 4.79 Å². The number of benzene rings is 2. The van der Waals surface area contributed by atoms with Crippen molar-refractivity contribution in [3.05, 3.63) is 65.7 Å². The van der Waals surface area contributed by atoms with Crippen LogP contribution in [0.4, 0.5) is 14.5 Å². The van der Waals surface area contributed by atoms with E-state index in [-0.39, 0.29) is 0 Å². The summed E-state index contributed by atoms with van der Waals surface area (Å²) < 4.78 is 32.1. The summed E-state index contributed by atoms with van der Waals surface area (Å²) in [5, 5.41) is 2.18. The Hall–Kier alpha value is -2.69. The van der Waals surface area contributed by atoms with Gasteiger partial charge in [0.15, 0.2) is 0 Å². The van der Waals surface area contributed by atoms with Gasteiger partial charge in [-0.15, -0.1) is 0 Å². The number of hydrogen-bond acceptors (Lipinski definition) is 2. The molecule has 1 amide bonds. The fraction of sp³-hybridized carbons (Fsp3) is 0.118. The quantitative estimate of drug-likeness (QED) is 0.847. The van der Waals surface area contributed by atoms with E-state index in [1.54, 1.807) is 30.3 Å². The monoisotopic (exact) mass is 303 g/mol. The van der Waals surface area contributed by atoms with Gasteiger partial charge in [0.2, 0.25) is 5.91 Å². The van der Waals surface area contributed by atoms with Gasteiger partial charge < -0.3 is 10.1 Å². The molecule has 114 valence electrons. The Morgan fingerprint density at radius 1 is 1.14 bits per heavy atom. The minimum Gasteiger partial charge on any atom is -0.494 e. The second-order valence-corrected chi connectivity index (χ2v) is 4.42. The van der Waals surface area contributed by atoms with Gasteiger partial charge in [0.1, 0.15) is 23.1 Å². The summed E-state index contributed by atoms with van der Waals surface area (Å²) in [4.78, 5) is 11.7. The van der Waals surface area contributed by atoms with Crippen LogP contribution in [0.2, 0.25) is 0 Å². The highest BCUT2D eigenvalue weighted by Gasteiger charge is 2.09. The number of carbonyl (C=O) groups is 1. The van der Waals surface area contributed by atoms with Gasteiger partial charge in [0, 0.05) is 6.08 Å². The molecular weight excluding hydrogens is 288 g/mol. The molecule has 22 heavy (non-hydrogen) atoms. The van der Waals surface area contributed by atoms with Crippen LogP contribution in [-0.2, 0) is 4.79 Å². The Labute approximate surface area is 127 Å². The van der Waals surface area contributed by atoms with E-state index in [2.05, 4.69) is 5.32 Å². The molecule has 0 spiro atoms. The fourth-order valence-electron chi connectivity index (χ4n) is 1.80. The lowest BCUT2D eigenvalue weighted by atomic mass is 10.2.